The molecule has 2 saturated heterocycles. The molecule has 318 valence electrons. The van der Waals surface area contributed by atoms with Crippen molar-refractivity contribution in [1.82, 2.24) is 40.4 Å². The number of hydrogen-bond acceptors (Lipinski definition) is 9. The van der Waals surface area contributed by atoms with Crippen LogP contribution in [0.15, 0.2) is 72.8 Å². The molecule has 4 heterocycles. The third kappa shape index (κ3) is 8.20. The van der Waals surface area contributed by atoms with E-state index < -0.39 is 36.5 Å². The number of benzene rings is 4. The summed E-state index contributed by atoms with van der Waals surface area (Å²) >= 11 is 0. The highest BCUT2D eigenvalue weighted by Gasteiger charge is 2.40. The molecule has 4 aromatic carbocycles. The third-order valence-corrected chi connectivity index (χ3v) is 12.2. The van der Waals surface area contributed by atoms with Crippen LogP contribution in [0.1, 0.15) is 63.3 Å². The van der Waals surface area contributed by atoms with Gasteiger partial charge in [0.05, 0.1) is 53.5 Å². The van der Waals surface area contributed by atoms with Crippen LogP contribution in [0.3, 0.4) is 0 Å². The SMILES string of the molecule is COC(=O)N[C@H](C(=O)N1CCC[C@H]1c1nc2cc(-c3ccc4cc(-c5ccc6[nH]c([C@@H]7CCCN7C(=O)[C@@H](NC(=O)O)[C@@H](C)OC)nc6c5)ccc4c3)ccc2[nH]1)C(C)OC. The third-order valence-electron chi connectivity index (χ3n) is 12.2. The molecule has 2 aromatic heterocycles. The topological polar surface area (TPSA) is 204 Å². The van der Waals surface area contributed by atoms with Crippen molar-refractivity contribution in [1.29, 1.82) is 0 Å². The van der Waals surface area contributed by atoms with Crippen LogP contribution >= 0.6 is 0 Å². The van der Waals surface area contributed by atoms with Crippen LogP contribution in [0.4, 0.5) is 9.59 Å². The van der Waals surface area contributed by atoms with Gasteiger partial charge in [0.1, 0.15) is 23.7 Å². The predicted molar refractivity (Wildman–Crippen MR) is 229 cm³/mol. The Hall–Kier alpha value is -6.52. The molecule has 0 radical (unpaired) electrons. The summed E-state index contributed by atoms with van der Waals surface area (Å²) in [5.74, 6) is 0.776. The molecule has 6 atom stereocenters. The summed E-state index contributed by atoms with van der Waals surface area (Å²) in [5.41, 5.74) is 7.38. The Morgan fingerprint density at radius 3 is 1.51 bits per heavy atom. The highest BCUT2D eigenvalue weighted by Crippen LogP contribution is 2.36. The molecule has 2 fully saturated rings. The van der Waals surface area contributed by atoms with Gasteiger partial charge in [0.25, 0.3) is 0 Å². The zero-order chi connectivity index (χ0) is 42.9. The summed E-state index contributed by atoms with van der Waals surface area (Å²) in [5, 5.41) is 16.5. The summed E-state index contributed by atoms with van der Waals surface area (Å²) in [4.78, 5) is 71.1. The van der Waals surface area contributed by atoms with Gasteiger partial charge in [-0.3, -0.25) is 9.59 Å². The van der Waals surface area contributed by atoms with Crippen molar-refractivity contribution in [3.8, 4) is 22.3 Å². The molecule has 1 unspecified atom stereocenters. The van der Waals surface area contributed by atoms with Gasteiger partial charge in [-0.2, -0.15) is 0 Å². The highest BCUT2D eigenvalue weighted by molar-refractivity contribution is 5.93. The van der Waals surface area contributed by atoms with E-state index in [9.17, 15) is 24.3 Å². The van der Waals surface area contributed by atoms with E-state index in [1.807, 2.05) is 18.2 Å². The van der Waals surface area contributed by atoms with Crippen molar-refractivity contribution in [2.75, 3.05) is 34.4 Å². The lowest BCUT2D eigenvalue weighted by molar-refractivity contribution is -0.138. The smallest absolute Gasteiger partial charge is 0.407 e. The minimum atomic E-state index is -1.28. The van der Waals surface area contributed by atoms with Gasteiger partial charge >= 0.3 is 12.2 Å². The molecular formula is C45H50N8O8. The molecule has 16 heteroatoms. The number of fused-ring (bicyclic) bond motifs is 3. The number of likely N-dealkylation sites (tertiary alicyclic amines) is 2. The van der Waals surface area contributed by atoms with Gasteiger partial charge in [0.15, 0.2) is 0 Å². The maximum absolute atomic E-state index is 13.7. The zero-order valence-electron chi connectivity index (χ0n) is 34.7. The normalized spacial score (nSPS) is 18.6. The second-order valence-electron chi connectivity index (χ2n) is 15.8. The predicted octanol–water partition coefficient (Wildman–Crippen LogP) is 6.68. The molecule has 5 N–H and O–H groups in total. The van der Waals surface area contributed by atoms with Crippen LogP contribution < -0.4 is 10.6 Å². The van der Waals surface area contributed by atoms with E-state index in [1.54, 1.807) is 23.6 Å². The Kier molecular flexibility index (Phi) is 11.6. The molecular weight excluding hydrogens is 781 g/mol. The molecule has 2 aliphatic rings. The minimum Gasteiger partial charge on any atom is -0.465 e. The number of hydrogen-bond donors (Lipinski definition) is 5. The van der Waals surface area contributed by atoms with Crippen LogP contribution in [0, 0.1) is 0 Å². The number of nitrogens with zero attached hydrogens (tertiary/aromatic N) is 4. The number of amides is 4. The largest absolute Gasteiger partial charge is 0.465 e. The molecule has 0 spiro atoms. The fourth-order valence-corrected chi connectivity index (χ4v) is 8.67. The summed E-state index contributed by atoms with van der Waals surface area (Å²) in [6, 6.07) is 22.4. The second kappa shape index (κ2) is 17.2. The van der Waals surface area contributed by atoms with Crippen molar-refractivity contribution < 1.29 is 38.5 Å². The van der Waals surface area contributed by atoms with Gasteiger partial charge in [-0.25, -0.2) is 19.6 Å². The molecule has 8 rings (SSSR count). The van der Waals surface area contributed by atoms with Crippen molar-refractivity contribution in [2.45, 2.75) is 75.9 Å². The van der Waals surface area contributed by atoms with E-state index >= 15 is 0 Å². The van der Waals surface area contributed by atoms with E-state index in [2.05, 4.69) is 75.2 Å². The number of carbonyl (C=O) groups excluding carboxylic acids is 3. The van der Waals surface area contributed by atoms with Crippen LogP contribution in [0.5, 0.6) is 0 Å². The van der Waals surface area contributed by atoms with E-state index in [0.717, 1.165) is 74.4 Å². The van der Waals surface area contributed by atoms with Gasteiger partial charge < -0.3 is 49.7 Å². The summed E-state index contributed by atoms with van der Waals surface area (Å²) in [6.07, 6.45) is -0.163. The standard InChI is InChI=1S/C45H50N8O8/c1-24(59-3)38(50-44(56)57)42(54)52-18-6-8-36(52)40-46-32-16-14-30(22-34(32)48-40)28-12-10-27-21-29(13-11-26(27)20-28)31-15-17-33-35(23-31)49-41(47-33)37-9-7-19-53(37)43(55)39(25(2)60-4)51-45(58)61-5/h10-17,20-25,36-39,50H,6-9,18-19H2,1-5H3,(H,46,48)(H,47,49)(H,51,58)(H,56,57)/t24-,25?,36+,37+,38+,39+/m1/s1. The Morgan fingerprint density at radius 2 is 1.08 bits per heavy atom. The van der Waals surface area contributed by atoms with Crippen LogP contribution in [0.25, 0.3) is 55.1 Å². The number of ether oxygens (including phenoxy) is 3. The Labute approximate surface area is 352 Å². The Balaban J connectivity index is 0.995. The number of alkyl carbamates (subject to hydrolysis) is 1. The molecule has 0 aliphatic carbocycles. The molecule has 0 saturated carbocycles. The molecule has 4 amide bonds. The second-order valence-corrected chi connectivity index (χ2v) is 15.8. The number of imidazole rings is 2. The van der Waals surface area contributed by atoms with Crippen molar-refractivity contribution >= 4 is 56.8 Å². The van der Waals surface area contributed by atoms with Gasteiger partial charge in [0, 0.05) is 27.3 Å². The van der Waals surface area contributed by atoms with Crippen LogP contribution in [-0.2, 0) is 23.8 Å². The number of carbonyl (C=O) groups is 4. The van der Waals surface area contributed by atoms with Gasteiger partial charge in [-0.05, 0) is 109 Å². The van der Waals surface area contributed by atoms with E-state index in [0.29, 0.717) is 31.2 Å². The first-order valence-electron chi connectivity index (χ1n) is 20.5. The minimum absolute atomic E-state index is 0.249. The van der Waals surface area contributed by atoms with Crippen LogP contribution in [-0.4, -0.2) is 118 Å². The number of H-pyrrole nitrogens is 2. The maximum Gasteiger partial charge on any atom is 0.407 e. The average molecular weight is 831 g/mol. The number of aromatic amines is 2. The lowest BCUT2D eigenvalue weighted by atomic mass is 9.97. The summed E-state index contributed by atoms with van der Waals surface area (Å²) in [7, 11) is 4.21. The molecule has 6 aromatic rings. The number of carboxylic acid groups (broad SMARTS) is 1. The first-order chi connectivity index (χ1) is 29.5. The zero-order valence-corrected chi connectivity index (χ0v) is 34.7. The summed E-state index contributed by atoms with van der Waals surface area (Å²) < 4.78 is 15.5. The van der Waals surface area contributed by atoms with Crippen molar-refractivity contribution in [2.24, 2.45) is 0 Å². The molecule has 0 bridgehead atoms. The van der Waals surface area contributed by atoms with E-state index in [4.69, 9.17) is 24.2 Å². The lowest BCUT2D eigenvalue weighted by Crippen LogP contribution is -2.54. The monoisotopic (exact) mass is 830 g/mol. The molecule has 61 heavy (non-hydrogen) atoms. The van der Waals surface area contributed by atoms with Gasteiger partial charge in [-0.15, -0.1) is 0 Å². The molecule has 2 aliphatic heterocycles. The average Bonchev–Trinajstić information content (AvgIpc) is 4.11. The first kappa shape index (κ1) is 41.2. The van der Waals surface area contributed by atoms with Crippen LogP contribution in [0.2, 0.25) is 0 Å². The Bertz CT molecular complexity index is 2620. The highest BCUT2D eigenvalue weighted by atomic mass is 16.5. The van der Waals surface area contributed by atoms with E-state index in [1.165, 1.54) is 21.3 Å². The number of nitrogens with one attached hydrogen (secondary N) is 4. The van der Waals surface area contributed by atoms with Gasteiger partial charge in [0.2, 0.25) is 11.8 Å². The molecule has 16 nitrogen and oxygen atoms in total. The van der Waals surface area contributed by atoms with E-state index in [-0.39, 0.29) is 23.9 Å². The fraction of sp³-hybridized carbons (Fsp3) is 0.378. The number of rotatable bonds is 12. The number of methoxy groups -OCH3 is 3. The Morgan fingerprint density at radius 1 is 0.656 bits per heavy atom. The van der Waals surface area contributed by atoms with Gasteiger partial charge in [-0.1, -0.05) is 36.4 Å². The maximum atomic E-state index is 13.7. The summed E-state index contributed by atoms with van der Waals surface area (Å²) in [6.45, 7) is 4.44. The number of aromatic nitrogens is 4. The van der Waals surface area contributed by atoms with Crippen molar-refractivity contribution in [3.05, 3.63) is 84.4 Å². The van der Waals surface area contributed by atoms with Crippen molar-refractivity contribution in [3.63, 3.8) is 0 Å². The lowest BCUT2D eigenvalue weighted by Gasteiger charge is -2.30. The quantitative estimate of drug-likeness (QED) is 0.0885. The fourth-order valence-electron chi connectivity index (χ4n) is 8.67. The first-order valence-corrected chi connectivity index (χ1v) is 20.5.